The average Bonchev–Trinajstić information content (AvgIpc) is 3.09. The van der Waals surface area contributed by atoms with Gasteiger partial charge < -0.3 is 33.4 Å². The molecule has 0 spiro atoms. The van der Waals surface area contributed by atoms with E-state index in [1.807, 2.05) is 6.92 Å². The molecule has 1 fully saturated rings. The van der Waals surface area contributed by atoms with Gasteiger partial charge >= 0.3 is 23.9 Å². The molecule has 42 heavy (non-hydrogen) atoms. The quantitative estimate of drug-likeness (QED) is 0.170. The van der Waals surface area contributed by atoms with Gasteiger partial charge in [0.2, 0.25) is 6.10 Å². The molecule has 5 atom stereocenters. The molecule has 0 aromatic carbocycles. The maximum atomic E-state index is 12.0. The summed E-state index contributed by atoms with van der Waals surface area (Å²) in [5.74, 6) is -2.75. The van der Waals surface area contributed by atoms with Crippen molar-refractivity contribution >= 4 is 35.3 Å². The predicted octanol–water partition coefficient (Wildman–Crippen LogP) is 2.71. The van der Waals surface area contributed by atoms with E-state index in [1.165, 1.54) is 13.8 Å². The molecule has 232 valence electrons. The fourth-order valence-corrected chi connectivity index (χ4v) is 4.90. The molecule has 1 saturated heterocycles. The van der Waals surface area contributed by atoms with Crippen LogP contribution in [0.5, 0.6) is 0 Å². The highest BCUT2D eigenvalue weighted by atomic mass is 16.8. The van der Waals surface area contributed by atoms with Crippen molar-refractivity contribution in [2.24, 2.45) is 5.16 Å². The topological polar surface area (TPSA) is 152 Å². The van der Waals surface area contributed by atoms with E-state index >= 15 is 0 Å². The number of fused-ring (bicyclic) bond motifs is 1. The number of anilines is 1. The summed E-state index contributed by atoms with van der Waals surface area (Å²) in [5.41, 5.74) is 5.03. The van der Waals surface area contributed by atoms with Crippen LogP contribution in [-0.2, 0) is 54.1 Å². The molecule has 0 amide bonds. The van der Waals surface area contributed by atoms with Gasteiger partial charge in [-0.15, -0.1) is 0 Å². The molecule has 13 nitrogen and oxygen atoms in total. The number of nitrogens with zero attached hydrogens (tertiary/aromatic N) is 3. The van der Waals surface area contributed by atoms with Gasteiger partial charge in [0.25, 0.3) is 6.29 Å². The lowest BCUT2D eigenvalue weighted by Crippen LogP contribution is -2.62. The molecule has 0 unspecified atom stereocenters. The molecule has 1 aromatic heterocycles. The van der Waals surface area contributed by atoms with E-state index < -0.39 is 54.6 Å². The van der Waals surface area contributed by atoms with Crippen LogP contribution in [0.1, 0.15) is 70.8 Å². The molecule has 2 aliphatic rings. The second-order valence-electron chi connectivity index (χ2n) is 10.6. The largest absolute Gasteiger partial charge is 0.463 e. The molecular formula is C29H41N3O10. The maximum Gasteiger partial charge on any atom is 0.303 e. The van der Waals surface area contributed by atoms with Crippen molar-refractivity contribution in [2.75, 3.05) is 24.6 Å². The third-order valence-corrected chi connectivity index (χ3v) is 6.96. The van der Waals surface area contributed by atoms with Crippen LogP contribution >= 0.6 is 0 Å². The SMILES string of the molecule is CC(=O)OC[C@H]1O[C@@H](ON=C(C)CCN2CCCCc3nc(C)c(C)cc32)[C@H](OC(C)=O)[C@@H](OC(C)=O)[C@H]1OC(C)=O. The van der Waals surface area contributed by atoms with Crippen molar-refractivity contribution in [2.45, 2.75) is 105 Å². The minimum Gasteiger partial charge on any atom is -0.463 e. The number of aryl methyl sites for hydroxylation is 3. The Hall–Kier alpha value is -3.74. The van der Waals surface area contributed by atoms with Gasteiger partial charge in [-0.25, -0.2) is 0 Å². The highest BCUT2D eigenvalue weighted by molar-refractivity contribution is 5.82. The summed E-state index contributed by atoms with van der Waals surface area (Å²) in [6.07, 6.45) is -2.79. The van der Waals surface area contributed by atoms with Crippen molar-refractivity contribution in [3.63, 3.8) is 0 Å². The van der Waals surface area contributed by atoms with E-state index in [-0.39, 0.29) is 6.61 Å². The number of hydrogen-bond acceptors (Lipinski definition) is 13. The van der Waals surface area contributed by atoms with Crippen molar-refractivity contribution in [1.29, 1.82) is 0 Å². The van der Waals surface area contributed by atoms with Crippen molar-refractivity contribution < 1.29 is 47.7 Å². The van der Waals surface area contributed by atoms with Gasteiger partial charge in [-0.3, -0.25) is 24.2 Å². The van der Waals surface area contributed by atoms with Crippen LogP contribution in [0.15, 0.2) is 11.2 Å². The average molecular weight is 592 g/mol. The highest BCUT2D eigenvalue weighted by Crippen LogP contribution is 2.31. The Morgan fingerprint density at radius 3 is 2.21 bits per heavy atom. The van der Waals surface area contributed by atoms with Crippen molar-refractivity contribution in [3.05, 3.63) is 23.0 Å². The second kappa shape index (κ2) is 14.9. The first-order chi connectivity index (χ1) is 19.8. The molecule has 0 N–H and O–H groups in total. The number of pyridine rings is 1. The summed E-state index contributed by atoms with van der Waals surface area (Å²) in [6, 6.07) is 2.18. The smallest absolute Gasteiger partial charge is 0.303 e. The summed E-state index contributed by atoms with van der Waals surface area (Å²) in [5, 5.41) is 4.23. The number of carbonyl (C=O) groups excluding carboxylic acids is 4. The standard InChI is InChI=1S/C29H41N3O10/c1-16-14-24-23(30-18(16)3)10-8-9-12-32(24)13-11-17(2)31-42-29-28(40-22(7)36)27(39-21(6)35)26(38-20(5)34)25(41-29)15-37-19(4)33/h14,25-29H,8-13,15H2,1-7H3/t25-,26+,27+,28-,29+/m1/s1. The van der Waals surface area contributed by atoms with E-state index in [1.54, 1.807) is 6.92 Å². The van der Waals surface area contributed by atoms with Gasteiger partial charge in [0.15, 0.2) is 12.2 Å². The van der Waals surface area contributed by atoms with Crippen LogP contribution in [-0.4, -0.2) is 85.0 Å². The van der Waals surface area contributed by atoms with Gasteiger partial charge in [0.1, 0.15) is 12.7 Å². The van der Waals surface area contributed by atoms with E-state index in [4.69, 9.17) is 33.5 Å². The van der Waals surface area contributed by atoms with Crippen LogP contribution in [0.4, 0.5) is 5.69 Å². The number of hydrogen-bond donors (Lipinski definition) is 0. The van der Waals surface area contributed by atoms with E-state index in [9.17, 15) is 19.2 Å². The molecule has 3 rings (SSSR count). The first kappa shape index (κ1) is 32.8. The molecule has 0 saturated carbocycles. The maximum absolute atomic E-state index is 12.0. The van der Waals surface area contributed by atoms with Crippen LogP contribution < -0.4 is 4.90 Å². The van der Waals surface area contributed by atoms with E-state index in [2.05, 4.69) is 23.0 Å². The zero-order chi connectivity index (χ0) is 31.0. The molecule has 0 bridgehead atoms. The zero-order valence-electron chi connectivity index (χ0n) is 25.3. The van der Waals surface area contributed by atoms with Crippen molar-refractivity contribution in [3.8, 4) is 0 Å². The Labute approximate surface area is 245 Å². The van der Waals surface area contributed by atoms with E-state index in [0.717, 1.165) is 62.3 Å². The number of carbonyl (C=O) groups is 4. The lowest BCUT2D eigenvalue weighted by atomic mass is 9.98. The van der Waals surface area contributed by atoms with Gasteiger partial charge in [-0.1, -0.05) is 5.16 Å². The van der Waals surface area contributed by atoms with Crippen LogP contribution in [0.3, 0.4) is 0 Å². The van der Waals surface area contributed by atoms with Crippen LogP contribution in [0.2, 0.25) is 0 Å². The highest BCUT2D eigenvalue weighted by Gasteiger charge is 2.53. The Morgan fingerprint density at radius 2 is 1.57 bits per heavy atom. The first-order valence-electron chi connectivity index (χ1n) is 14.1. The number of ether oxygens (including phenoxy) is 5. The number of esters is 4. The summed E-state index contributed by atoms with van der Waals surface area (Å²) < 4.78 is 27.2. The Kier molecular flexibility index (Phi) is 11.7. The van der Waals surface area contributed by atoms with Crippen molar-refractivity contribution in [1.82, 2.24) is 4.98 Å². The molecule has 13 heteroatoms. The normalized spacial score (nSPS) is 24.1. The second-order valence-corrected chi connectivity index (χ2v) is 10.6. The zero-order valence-corrected chi connectivity index (χ0v) is 25.3. The Morgan fingerprint density at radius 1 is 0.929 bits per heavy atom. The Balaban J connectivity index is 1.81. The van der Waals surface area contributed by atoms with Gasteiger partial charge in [0.05, 0.1) is 17.1 Å². The predicted molar refractivity (Wildman–Crippen MR) is 150 cm³/mol. The van der Waals surface area contributed by atoms with E-state index in [0.29, 0.717) is 18.7 Å². The lowest BCUT2D eigenvalue weighted by Gasteiger charge is -2.43. The molecule has 1 aromatic rings. The summed E-state index contributed by atoms with van der Waals surface area (Å²) in [6.45, 7) is 11.8. The Bertz CT molecular complexity index is 1190. The minimum absolute atomic E-state index is 0.346. The fraction of sp³-hybridized carbons (Fsp3) is 0.655. The number of oxime groups is 1. The van der Waals surface area contributed by atoms with Gasteiger partial charge in [-0.2, -0.15) is 0 Å². The van der Waals surface area contributed by atoms with Crippen LogP contribution in [0, 0.1) is 13.8 Å². The first-order valence-corrected chi connectivity index (χ1v) is 14.1. The summed E-state index contributed by atoms with van der Waals surface area (Å²) in [4.78, 5) is 60.2. The number of rotatable bonds is 10. The fourth-order valence-electron chi connectivity index (χ4n) is 4.90. The van der Waals surface area contributed by atoms with Gasteiger partial charge in [-0.05, 0) is 51.7 Å². The third kappa shape index (κ3) is 9.13. The molecule has 0 radical (unpaired) electrons. The minimum atomic E-state index is -1.37. The molecule has 3 heterocycles. The third-order valence-electron chi connectivity index (χ3n) is 6.96. The number of aromatic nitrogens is 1. The monoisotopic (exact) mass is 591 g/mol. The molecular weight excluding hydrogens is 550 g/mol. The molecule has 2 aliphatic heterocycles. The van der Waals surface area contributed by atoms with Crippen LogP contribution in [0.25, 0.3) is 0 Å². The summed E-state index contributed by atoms with van der Waals surface area (Å²) >= 11 is 0. The lowest BCUT2D eigenvalue weighted by molar-refractivity contribution is -0.308. The summed E-state index contributed by atoms with van der Waals surface area (Å²) in [7, 11) is 0. The van der Waals surface area contributed by atoms with Gasteiger partial charge in [0, 0.05) is 52.9 Å². The molecule has 0 aliphatic carbocycles.